The average Bonchev–Trinajstić information content (AvgIpc) is 2.41. The Hall–Kier alpha value is -1.84. The number of carbonyl (C=O) groups excluding carboxylic acids is 2. The zero-order valence-corrected chi connectivity index (χ0v) is 13.5. The van der Waals surface area contributed by atoms with Crippen LogP contribution in [0.5, 0.6) is 5.75 Å². The van der Waals surface area contributed by atoms with Crippen molar-refractivity contribution in [3.05, 3.63) is 28.8 Å². The normalized spacial score (nSPS) is 12.1. The number of benzene rings is 1. The zero-order valence-electron chi connectivity index (χ0n) is 13.5. The van der Waals surface area contributed by atoms with Crippen molar-refractivity contribution in [3.63, 3.8) is 0 Å². The molecule has 0 fully saturated rings. The van der Waals surface area contributed by atoms with Gasteiger partial charge in [0, 0.05) is 12.1 Å². The summed E-state index contributed by atoms with van der Waals surface area (Å²) >= 11 is 0. The molecule has 1 aromatic carbocycles. The van der Waals surface area contributed by atoms with Crippen LogP contribution in [0.2, 0.25) is 0 Å². The largest absolute Gasteiger partial charge is 0.480 e. The molecule has 0 spiro atoms. The summed E-state index contributed by atoms with van der Waals surface area (Å²) in [4.78, 5) is 22.8. The Bertz CT molecular complexity index is 486. The number of aldehydes is 1. The Morgan fingerprint density at radius 1 is 1.24 bits per heavy atom. The molecule has 4 nitrogen and oxygen atoms in total. The van der Waals surface area contributed by atoms with Gasteiger partial charge in [0.05, 0.1) is 0 Å². The lowest BCUT2D eigenvalue weighted by atomic mass is 10.1. The van der Waals surface area contributed by atoms with Crippen LogP contribution >= 0.6 is 0 Å². The van der Waals surface area contributed by atoms with Gasteiger partial charge in [-0.25, -0.2) is 0 Å². The van der Waals surface area contributed by atoms with Crippen molar-refractivity contribution in [2.45, 2.75) is 47.1 Å². The van der Waals surface area contributed by atoms with E-state index >= 15 is 0 Å². The molecule has 0 saturated carbocycles. The van der Waals surface area contributed by atoms with Gasteiger partial charge < -0.3 is 10.1 Å². The molecule has 1 N–H and O–H groups in total. The van der Waals surface area contributed by atoms with Gasteiger partial charge in [-0.2, -0.15) is 0 Å². The first-order valence-corrected chi connectivity index (χ1v) is 7.36. The molecule has 0 aliphatic carbocycles. The molecule has 0 aliphatic rings. The maximum atomic E-state index is 12.0. The zero-order chi connectivity index (χ0) is 16.0. The predicted octanol–water partition coefficient (Wildman–Crippen LogP) is 3.05. The van der Waals surface area contributed by atoms with E-state index < -0.39 is 6.10 Å². The minimum absolute atomic E-state index is 0.117. The summed E-state index contributed by atoms with van der Waals surface area (Å²) in [5.74, 6) is 1.11. The molecule has 1 atom stereocenters. The number of rotatable bonds is 7. The molecule has 4 heteroatoms. The third-order valence-corrected chi connectivity index (χ3v) is 3.30. The van der Waals surface area contributed by atoms with Gasteiger partial charge >= 0.3 is 0 Å². The first-order valence-electron chi connectivity index (χ1n) is 7.36. The number of hydrogen-bond acceptors (Lipinski definition) is 3. The molecule has 1 aromatic rings. The molecule has 116 valence electrons. The van der Waals surface area contributed by atoms with E-state index in [2.05, 4.69) is 19.2 Å². The lowest BCUT2D eigenvalue weighted by Gasteiger charge is -2.18. The molecule has 0 radical (unpaired) electrons. The van der Waals surface area contributed by atoms with Crippen LogP contribution in [0, 0.1) is 19.8 Å². The number of amides is 1. The molecule has 1 rings (SSSR count). The van der Waals surface area contributed by atoms with Crippen molar-refractivity contribution in [2.24, 2.45) is 5.92 Å². The molecule has 0 aromatic heterocycles. The van der Waals surface area contributed by atoms with Gasteiger partial charge in [-0.1, -0.05) is 13.8 Å². The first kappa shape index (κ1) is 17.2. The summed E-state index contributed by atoms with van der Waals surface area (Å²) in [6, 6.07) is 3.53. The second-order valence-electron chi connectivity index (χ2n) is 5.84. The molecule has 1 unspecified atom stereocenters. The Balaban J connectivity index is 2.68. The van der Waals surface area contributed by atoms with E-state index in [1.54, 1.807) is 19.1 Å². The highest BCUT2D eigenvalue weighted by Crippen LogP contribution is 2.25. The van der Waals surface area contributed by atoms with Crippen molar-refractivity contribution in [2.75, 3.05) is 6.54 Å². The second-order valence-corrected chi connectivity index (χ2v) is 5.84. The van der Waals surface area contributed by atoms with Crippen LogP contribution in [0.3, 0.4) is 0 Å². The van der Waals surface area contributed by atoms with Crippen LogP contribution in [-0.2, 0) is 4.79 Å². The summed E-state index contributed by atoms with van der Waals surface area (Å²) in [5.41, 5.74) is 2.34. The fourth-order valence-electron chi connectivity index (χ4n) is 2.10. The number of hydrogen-bond donors (Lipinski definition) is 1. The lowest BCUT2D eigenvalue weighted by Crippen LogP contribution is -2.37. The van der Waals surface area contributed by atoms with Gasteiger partial charge in [0.15, 0.2) is 6.10 Å². The van der Waals surface area contributed by atoms with Crippen LogP contribution in [0.4, 0.5) is 0 Å². The van der Waals surface area contributed by atoms with Gasteiger partial charge in [-0.3, -0.25) is 9.59 Å². The fraction of sp³-hybridized carbons (Fsp3) is 0.529. The van der Waals surface area contributed by atoms with E-state index in [9.17, 15) is 9.59 Å². The van der Waals surface area contributed by atoms with Crippen LogP contribution in [-0.4, -0.2) is 24.8 Å². The highest BCUT2D eigenvalue weighted by molar-refractivity contribution is 5.81. The Labute approximate surface area is 126 Å². The summed E-state index contributed by atoms with van der Waals surface area (Å²) < 4.78 is 5.77. The maximum absolute atomic E-state index is 12.0. The summed E-state index contributed by atoms with van der Waals surface area (Å²) in [6.45, 7) is 10.4. The highest BCUT2D eigenvalue weighted by Gasteiger charge is 2.17. The number of carbonyl (C=O) groups is 2. The standard InChI is InChI=1S/C17H25NO3/c1-11(2)6-7-18-17(20)14(5)21-16-12(3)8-15(10-19)9-13(16)4/h8-11,14H,6-7H2,1-5H3,(H,18,20). The smallest absolute Gasteiger partial charge is 0.260 e. The Morgan fingerprint density at radius 2 is 1.81 bits per heavy atom. The monoisotopic (exact) mass is 291 g/mol. The van der Waals surface area contributed by atoms with E-state index in [4.69, 9.17) is 4.74 Å². The predicted molar refractivity (Wildman–Crippen MR) is 83.9 cm³/mol. The van der Waals surface area contributed by atoms with Gasteiger partial charge in [-0.05, 0) is 56.4 Å². The fourth-order valence-corrected chi connectivity index (χ4v) is 2.10. The first-order chi connectivity index (χ1) is 9.85. The Kier molecular flexibility index (Phi) is 6.40. The van der Waals surface area contributed by atoms with E-state index in [1.165, 1.54) is 0 Å². The SMILES string of the molecule is Cc1cc(C=O)cc(C)c1OC(C)C(=O)NCCC(C)C. The van der Waals surface area contributed by atoms with E-state index in [0.717, 1.165) is 23.8 Å². The van der Waals surface area contributed by atoms with Crippen LogP contribution < -0.4 is 10.1 Å². The molecule has 0 saturated heterocycles. The van der Waals surface area contributed by atoms with Gasteiger partial charge in [0.2, 0.25) is 0 Å². The summed E-state index contributed by atoms with van der Waals surface area (Å²) in [6.07, 6.45) is 1.20. The summed E-state index contributed by atoms with van der Waals surface area (Å²) in [5, 5.41) is 2.88. The highest BCUT2D eigenvalue weighted by atomic mass is 16.5. The number of nitrogens with one attached hydrogen (secondary N) is 1. The van der Waals surface area contributed by atoms with Crippen LogP contribution in [0.15, 0.2) is 12.1 Å². The minimum Gasteiger partial charge on any atom is -0.480 e. The quantitative estimate of drug-likeness (QED) is 0.786. The van der Waals surface area contributed by atoms with Crippen molar-refractivity contribution < 1.29 is 14.3 Å². The molecular formula is C17H25NO3. The van der Waals surface area contributed by atoms with Crippen molar-refractivity contribution in [1.29, 1.82) is 0 Å². The summed E-state index contributed by atoms with van der Waals surface area (Å²) in [7, 11) is 0. The number of aryl methyl sites for hydroxylation is 2. The third-order valence-electron chi connectivity index (χ3n) is 3.30. The third kappa shape index (κ3) is 5.21. The van der Waals surface area contributed by atoms with Gasteiger partial charge in [-0.15, -0.1) is 0 Å². The molecular weight excluding hydrogens is 266 g/mol. The van der Waals surface area contributed by atoms with E-state index in [1.807, 2.05) is 13.8 Å². The van der Waals surface area contributed by atoms with Crippen LogP contribution in [0.1, 0.15) is 48.7 Å². The van der Waals surface area contributed by atoms with Crippen molar-refractivity contribution in [1.82, 2.24) is 5.32 Å². The molecule has 21 heavy (non-hydrogen) atoms. The van der Waals surface area contributed by atoms with Gasteiger partial charge in [0.1, 0.15) is 12.0 Å². The molecule has 0 heterocycles. The van der Waals surface area contributed by atoms with Crippen molar-refractivity contribution in [3.8, 4) is 5.75 Å². The van der Waals surface area contributed by atoms with Gasteiger partial charge in [0.25, 0.3) is 5.91 Å². The Morgan fingerprint density at radius 3 is 2.29 bits per heavy atom. The van der Waals surface area contributed by atoms with E-state index in [-0.39, 0.29) is 5.91 Å². The van der Waals surface area contributed by atoms with Crippen molar-refractivity contribution >= 4 is 12.2 Å². The lowest BCUT2D eigenvalue weighted by molar-refractivity contribution is -0.127. The average molecular weight is 291 g/mol. The van der Waals surface area contributed by atoms with E-state index in [0.29, 0.717) is 23.8 Å². The molecule has 0 bridgehead atoms. The van der Waals surface area contributed by atoms with Crippen LogP contribution in [0.25, 0.3) is 0 Å². The maximum Gasteiger partial charge on any atom is 0.260 e. The molecule has 0 aliphatic heterocycles. The number of ether oxygens (including phenoxy) is 1. The second kappa shape index (κ2) is 7.81. The topological polar surface area (TPSA) is 55.4 Å². The molecule has 1 amide bonds. The minimum atomic E-state index is -0.559.